The van der Waals surface area contributed by atoms with Crippen LogP contribution in [0.2, 0.25) is 0 Å². The molecule has 2 aromatic rings. The third kappa shape index (κ3) is 3.18. The van der Waals surface area contributed by atoms with E-state index >= 15 is 0 Å². The predicted molar refractivity (Wildman–Crippen MR) is 73.9 cm³/mol. The Morgan fingerprint density at radius 1 is 1.05 bits per heavy atom. The third-order valence-electron chi connectivity index (χ3n) is 3.12. The summed E-state index contributed by atoms with van der Waals surface area (Å²) < 4.78 is 27.0. The van der Waals surface area contributed by atoms with E-state index in [-0.39, 0.29) is 11.6 Å². The molecular weight excluding hydrogens is 244 g/mol. The van der Waals surface area contributed by atoms with Crippen LogP contribution in [0.25, 0.3) is 11.1 Å². The molecule has 2 rings (SSSR count). The Bertz CT molecular complexity index is 579. The van der Waals surface area contributed by atoms with Crippen LogP contribution in [0, 0.1) is 18.6 Å². The molecule has 0 heterocycles. The van der Waals surface area contributed by atoms with Gasteiger partial charge in [0.1, 0.15) is 11.6 Å². The number of nitrogens with one attached hydrogen (secondary N) is 1. The molecule has 0 spiro atoms. The summed E-state index contributed by atoms with van der Waals surface area (Å²) in [6, 6.07) is 9.70. The number of hydrogen-bond donors (Lipinski definition) is 1. The molecule has 0 aliphatic carbocycles. The van der Waals surface area contributed by atoms with Gasteiger partial charge in [-0.15, -0.1) is 0 Å². The number of halogens is 2. The molecule has 0 unspecified atom stereocenters. The Balaban J connectivity index is 2.45. The normalized spacial score (nSPS) is 10.7. The van der Waals surface area contributed by atoms with Gasteiger partial charge in [0, 0.05) is 6.54 Å². The summed E-state index contributed by atoms with van der Waals surface area (Å²) in [6.07, 6.45) is 0. The maximum atomic E-state index is 13.6. The van der Waals surface area contributed by atoms with Gasteiger partial charge in [-0.2, -0.15) is 0 Å². The highest BCUT2D eigenvalue weighted by Gasteiger charge is 2.08. The van der Waals surface area contributed by atoms with E-state index in [2.05, 4.69) is 5.32 Å². The number of hydrogen-bond acceptors (Lipinski definition) is 1. The molecule has 0 radical (unpaired) electrons. The lowest BCUT2D eigenvalue weighted by Gasteiger charge is -2.11. The molecule has 0 atom stereocenters. The van der Waals surface area contributed by atoms with Gasteiger partial charge in [-0.25, -0.2) is 8.78 Å². The Labute approximate surface area is 112 Å². The summed E-state index contributed by atoms with van der Waals surface area (Å²) >= 11 is 0. The minimum absolute atomic E-state index is 0.240. The highest BCUT2D eigenvalue weighted by molar-refractivity contribution is 5.67. The molecule has 1 nitrogen and oxygen atoms in total. The fourth-order valence-electron chi connectivity index (χ4n) is 2.01. The first kappa shape index (κ1) is 13.7. The van der Waals surface area contributed by atoms with Gasteiger partial charge in [-0.3, -0.25) is 0 Å². The van der Waals surface area contributed by atoms with E-state index < -0.39 is 0 Å². The number of benzene rings is 2. The number of rotatable bonds is 4. The van der Waals surface area contributed by atoms with Gasteiger partial charge < -0.3 is 5.32 Å². The van der Waals surface area contributed by atoms with Crippen molar-refractivity contribution in [1.29, 1.82) is 0 Å². The van der Waals surface area contributed by atoms with Gasteiger partial charge in [-0.05, 0) is 53.9 Å². The SMILES string of the molecule is CCNCc1cc(F)ccc1-c1ccc(C)c(F)c1. The van der Waals surface area contributed by atoms with Crippen molar-refractivity contribution in [2.45, 2.75) is 20.4 Å². The molecule has 0 amide bonds. The lowest BCUT2D eigenvalue weighted by molar-refractivity contribution is 0.618. The van der Waals surface area contributed by atoms with E-state index in [1.54, 1.807) is 19.1 Å². The van der Waals surface area contributed by atoms with Crippen molar-refractivity contribution >= 4 is 0 Å². The average molecular weight is 261 g/mol. The maximum Gasteiger partial charge on any atom is 0.126 e. The van der Waals surface area contributed by atoms with Crippen molar-refractivity contribution in [3.63, 3.8) is 0 Å². The predicted octanol–water partition coefficient (Wildman–Crippen LogP) is 4.05. The quantitative estimate of drug-likeness (QED) is 0.875. The second kappa shape index (κ2) is 5.93. The standard InChI is InChI=1S/C16H17F2N/c1-3-19-10-13-8-14(17)6-7-15(13)12-5-4-11(2)16(18)9-12/h4-9,19H,3,10H2,1-2H3. The van der Waals surface area contributed by atoms with Crippen molar-refractivity contribution in [3.8, 4) is 11.1 Å². The lowest BCUT2D eigenvalue weighted by Crippen LogP contribution is -2.12. The molecule has 0 saturated carbocycles. The smallest absolute Gasteiger partial charge is 0.126 e. The lowest BCUT2D eigenvalue weighted by atomic mass is 9.98. The zero-order valence-corrected chi connectivity index (χ0v) is 11.1. The minimum atomic E-state index is -0.274. The van der Waals surface area contributed by atoms with Gasteiger partial charge >= 0.3 is 0 Å². The molecular formula is C16H17F2N. The van der Waals surface area contributed by atoms with Crippen molar-refractivity contribution in [3.05, 3.63) is 59.2 Å². The largest absolute Gasteiger partial charge is 0.313 e. The molecule has 19 heavy (non-hydrogen) atoms. The molecule has 0 aromatic heterocycles. The van der Waals surface area contributed by atoms with E-state index in [0.717, 1.165) is 23.2 Å². The fraction of sp³-hybridized carbons (Fsp3) is 0.250. The van der Waals surface area contributed by atoms with E-state index in [1.807, 2.05) is 13.0 Å². The molecule has 100 valence electrons. The molecule has 0 saturated heterocycles. The van der Waals surface area contributed by atoms with Crippen molar-refractivity contribution in [1.82, 2.24) is 5.32 Å². The first-order chi connectivity index (χ1) is 9.11. The summed E-state index contributed by atoms with van der Waals surface area (Å²) in [5, 5.41) is 3.17. The topological polar surface area (TPSA) is 12.0 Å². The summed E-state index contributed by atoms with van der Waals surface area (Å²) in [5.41, 5.74) is 3.08. The van der Waals surface area contributed by atoms with Crippen molar-refractivity contribution in [2.75, 3.05) is 6.54 Å². The van der Waals surface area contributed by atoms with Crippen molar-refractivity contribution < 1.29 is 8.78 Å². The molecule has 0 aliphatic rings. The van der Waals surface area contributed by atoms with E-state index in [1.165, 1.54) is 18.2 Å². The van der Waals surface area contributed by atoms with Gasteiger partial charge in [0.05, 0.1) is 0 Å². The first-order valence-electron chi connectivity index (χ1n) is 6.37. The summed E-state index contributed by atoms with van der Waals surface area (Å²) in [7, 11) is 0. The second-order valence-corrected chi connectivity index (χ2v) is 4.55. The Hall–Kier alpha value is -1.74. The third-order valence-corrected chi connectivity index (χ3v) is 3.12. The van der Waals surface area contributed by atoms with Crippen LogP contribution in [-0.2, 0) is 6.54 Å². The molecule has 0 aliphatic heterocycles. The van der Waals surface area contributed by atoms with Gasteiger partial charge in [-0.1, -0.05) is 25.1 Å². The highest BCUT2D eigenvalue weighted by atomic mass is 19.1. The summed E-state index contributed by atoms with van der Waals surface area (Å²) in [4.78, 5) is 0. The van der Waals surface area contributed by atoms with Gasteiger partial charge in [0.15, 0.2) is 0 Å². The van der Waals surface area contributed by atoms with Crippen LogP contribution in [0.3, 0.4) is 0 Å². The fourth-order valence-corrected chi connectivity index (χ4v) is 2.01. The van der Waals surface area contributed by atoms with Crippen LogP contribution >= 0.6 is 0 Å². The Kier molecular flexibility index (Phi) is 4.27. The van der Waals surface area contributed by atoms with Crippen LogP contribution in [0.5, 0.6) is 0 Å². The Morgan fingerprint density at radius 2 is 1.84 bits per heavy atom. The molecule has 2 aromatic carbocycles. The monoisotopic (exact) mass is 261 g/mol. The molecule has 0 fully saturated rings. The van der Waals surface area contributed by atoms with E-state index in [9.17, 15) is 8.78 Å². The van der Waals surface area contributed by atoms with Crippen LogP contribution in [0.1, 0.15) is 18.1 Å². The first-order valence-corrected chi connectivity index (χ1v) is 6.37. The summed E-state index contributed by atoms with van der Waals surface area (Å²) in [6.45, 7) is 5.09. The van der Waals surface area contributed by atoms with Gasteiger partial charge in [0.2, 0.25) is 0 Å². The highest BCUT2D eigenvalue weighted by Crippen LogP contribution is 2.26. The maximum absolute atomic E-state index is 13.6. The van der Waals surface area contributed by atoms with Gasteiger partial charge in [0.25, 0.3) is 0 Å². The molecule has 3 heteroatoms. The molecule has 1 N–H and O–H groups in total. The zero-order valence-electron chi connectivity index (χ0n) is 11.1. The molecule has 0 bridgehead atoms. The van der Waals surface area contributed by atoms with Crippen LogP contribution in [0.15, 0.2) is 36.4 Å². The number of aryl methyl sites for hydroxylation is 1. The van der Waals surface area contributed by atoms with Crippen LogP contribution < -0.4 is 5.32 Å². The average Bonchev–Trinajstić information content (AvgIpc) is 2.40. The second-order valence-electron chi connectivity index (χ2n) is 4.55. The van der Waals surface area contributed by atoms with Crippen LogP contribution in [0.4, 0.5) is 8.78 Å². The Morgan fingerprint density at radius 3 is 2.53 bits per heavy atom. The van der Waals surface area contributed by atoms with Crippen LogP contribution in [-0.4, -0.2) is 6.54 Å². The van der Waals surface area contributed by atoms with E-state index in [0.29, 0.717) is 12.1 Å². The summed E-state index contributed by atoms with van der Waals surface area (Å²) in [5.74, 6) is -0.513. The minimum Gasteiger partial charge on any atom is -0.313 e. The van der Waals surface area contributed by atoms with Crippen molar-refractivity contribution in [2.24, 2.45) is 0 Å². The zero-order chi connectivity index (χ0) is 13.8. The van der Waals surface area contributed by atoms with E-state index in [4.69, 9.17) is 0 Å².